The molecule has 3 amide bonds. The van der Waals surface area contributed by atoms with E-state index in [0.29, 0.717) is 21.3 Å². The molecule has 0 spiro atoms. The first-order valence-corrected chi connectivity index (χ1v) is 12.4. The topological polar surface area (TPSA) is 127 Å². The Hall–Kier alpha value is -3.19. The fourth-order valence-corrected chi connectivity index (χ4v) is 4.97. The number of carbonyl (C=O) groups is 2. The number of nitrogens with two attached hydrogens (primary N) is 1. The number of halogens is 2. The first-order chi connectivity index (χ1) is 15.4. The van der Waals surface area contributed by atoms with Gasteiger partial charge in [-0.2, -0.15) is 0 Å². The second-order valence-electron chi connectivity index (χ2n) is 7.71. The van der Waals surface area contributed by atoms with Crippen LogP contribution in [0.5, 0.6) is 0 Å². The molecule has 0 atom stereocenters. The third kappa shape index (κ3) is 4.93. The zero-order chi connectivity index (χ0) is 24.0. The van der Waals surface area contributed by atoms with Gasteiger partial charge in [0.2, 0.25) is 5.91 Å². The number of amides is 3. The van der Waals surface area contributed by atoms with Crippen LogP contribution in [0, 0.1) is 0 Å². The van der Waals surface area contributed by atoms with Crippen molar-refractivity contribution in [2.24, 2.45) is 5.73 Å². The number of sulfone groups is 1. The van der Waals surface area contributed by atoms with Gasteiger partial charge in [0.15, 0.2) is 15.0 Å². The lowest BCUT2D eigenvalue weighted by Crippen LogP contribution is -2.58. The molecule has 3 heterocycles. The molecule has 1 fully saturated rings. The molecular weight excluding hydrogens is 476 g/mol. The number of pyridine rings is 1. The molecule has 2 N–H and O–H groups in total. The highest BCUT2D eigenvalue weighted by Gasteiger charge is 2.46. The van der Waals surface area contributed by atoms with Crippen LogP contribution >= 0.6 is 11.3 Å². The summed E-state index contributed by atoms with van der Waals surface area (Å²) in [6, 6.07) is 5.94. The fraction of sp³-hybridized carbons (Fsp3) is 0.300. The van der Waals surface area contributed by atoms with E-state index in [1.165, 1.54) is 12.3 Å². The molecule has 3 aromatic rings. The summed E-state index contributed by atoms with van der Waals surface area (Å²) < 4.78 is 50.3. The SMILES string of the molecule is CS(=O)(=O)c1cncc(-c2ccc3nc(N(CCC(=O)N4CC(F)(F)C4)C(N)=O)sc3c2)c1. The van der Waals surface area contributed by atoms with Crippen LogP contribution in [-0.4, -0.2) is 67.0 Å². The van der Waals surface area contributed by atoms with Crippen LogP contribution in [0.3, 0.4) is 0 Å². The maximum absolute atomic E-state index is 13.0. The van der Waals surface area contributed by atoms with Gasteiger partial charge in [0.25, 0.3) is 5.92 Å². The van der Waals surface area contributed by atoms with Crippen molar-refractivity contribution in [3.63, 3.8) is 0 Å². The minimum atomic E-state index is -3.42. The molecule has 0 aliphatic carbocycles. The molecule has 0 saturated carbocycles. The summed E-state index contributed by atoms with van der Waals surface area (Å²) in [5.74, 6) is -3.35. The lowest BCUT2D eigenvalue weighted by molar-refractivity contribution is -0.165. The molecule has 4 rings (SSSR count). The second kappa shape index (κ2) is 8.30. The smallest absolute Gasteiger partial charge is 0.321 e. The standard InChI is InChI=1S/C20H19F2N5O4S2/c1-33(30,31)14-6-13(8-24-9-14)12-2-3-15-16(7-12)32-19(25-15)27(18(23)29)5-4-17(28)26-10-20(21,22)11-26/h2-3,6-9H,4-5,10-11H2,1H3,(H2,23,29). The Labute approximate surface area is 191 Å². The van der Waals surface area contributed by atoms with Gasteiger partial charge in [0.05, 0.1) is 28.2 Å². The number of fused-ring (bicyclic) bond motifs is 1. The van der Waals surface area contributed by atoms with Crippen molar-refractivity contribution in [2.75, 3.05) is 30.8 Å². The molecule has 0 radical (unpaired) electrons. The molecule has 9 nitrogen and oxygen atoms in total. The Kier molecular flexibility index (Phi) is 5.78. The van der Waals surface area contributed by atoms with Crippen LogP contribution in [0.25, 0.3) is 21.3 Å². The predicted molar refractivity (Wildman–Crippen MR) is 119 cm³/mol. The van der Waals surface area contributed by atoms with E-state index in [1.54, 1.807) is 24.4 Å². The maximum atomic E-state index is 13.0. The largest absolute Gasteiger partial charge is 0.351 e. The van der Waals surface area contributed by atoms with Gasteiger partial charge in [0, 0.05) is 37.2 Å². The summed E-state index contributed by atoms with van der Waals surface area (Å²) in [4.78, 5) is 34.7. The van der Waals surface area contributed by atoms with Crippen molar-refractivity contribution in [1.82, 2.24) is 14.9 Å². The number of primary amides is 1. The van der Waals surface area contributed by atoms with Gasteiger partial charge in [0.1, 0.15) is 0 Å². The Balaban J connectivity index is 1.55. The van der Waals surface area contributed by atoms with Crippen molar-refractivity contribution >= 4 is 48.5 Å². The van der Waals surface area contributed by atoms with E-state index in [9.17, 15) is 26.8 Å². The molecule has 1 saturated heterocycles. The molecule has 1 aliphatic heterocycles. The van der Waals surface area contributed by atoms with Crippen molar-refractivity contribution in [2.45, 2.75) is 17.2 Å². The number of alkyl halides is 2. The molecule has 0 bridgehead atoms. The van der Waals surface area contributed by atoms with Crippen LogP contribution in [0.2, 0.25) is 0 Å². The molecular formula is C20H19F2N5O4S2. The lowest BCUT2D eigenvalue weighted by atomic mass is 10.1. The number of thiazole rings is 1. The van der Waals surface area contributed by atoms with Crippen LogP contribution in [0.4, 0.5) is 18.7 Å². The molecule has 33 heavy (non-hydrogen) atoms. The zero-order valence-electron chi connectivity index (χ0n) is 17.4. The zero-order valence-corrected chi connectivity index (χ0v) is 19.0. The molecule has 0 unspecified atom stereocenters. The van der Waals surface area contributed by atoms with Crippen molar-refractivity contribution < 1.29 is 26.8 Å². The third-order valence-corrected chi connectivity index (χ3v) is 7.22. The number of nitrogens with zero attached hydrogens (tertiary/aromatic N) is 4. The summed E-state index contributed by atoms with van der Waals surface area (Å²) in [7, 11) is -3.42. The van der Waals surface area contributed by atoms with Crippen LogP contribution in [0.1, 0.15) is 6.42 Å². The van der Waals surface area contributed by atoms with E-state index >= 15 is 0 Å². The monoisotopic (exact) mass is 495 g/mol. The number of carbonyl (C=O) groups excluding carboxylic acids is 2. The average Bonchev–Trinajstić information content (AvgIpc) is 3.14. The summed E-state index contributed by atoms with van der Waals surface area (Å²) in [5, 5.41) is 0.263. The predicted octanol–water partition coefficient (Wildman–Crippen LogP) is 2.51. The molecule has 2 aromatic heterocycles. The van der Waals surface area contributed by atoms with Gasteiger partial charge in [-0.25, -0.2) is 27.0 Å². The molecule has 174 valence electrons. The minimum absolute atomic E-state index is 0.0922. The van der Waals surface area contributed by atoms with Crippen LogP contribution < -0.4 is 10.6 Å². The Morgan fingerprint density at radius 1 is 1.21 bits per heavy atom. The molecule has 13 heteroatoms. The van der Waals surface area contributed by atoms with Gasteiger partial charge in [-0.1, -0.05) is 17.4 Å². The van der Waals surface area contributed by atoms with E-state index in [1.807, 2.05) is 0 Å². The van der Waals surface area contributed by atoms with E-state index in [-0.39, 0.29) is 23.0 Å². The Morgan fingerprint density at radius 3 is 2.58 bits per heavy atom. The van der Waals surface area contributed by atoms with Gasteiger partial charge in [-0.15, -0.1) is 0 Å². The number of hydrogen-bond acceptors (Lipinski definition) is 7. The summed E-state index contributed by atoms with van der Waals surface area (Å²) in [6.07, 6.45) is 3.75. The minimum Gasteiger partial charge on any atom is -0.351 e. The second-order valence-corrected chi connectivity index (χ2v) is 10.7. The lowest BCUT2D eigenvalue weighted by Gasteiger charge is -2.38. The molecule has 1 aromatic carbocycles. The Bertz CT molecular complexity index is 1350. The quantitative estimate of drug-likeness (QED) is 0.560. The number of anilines is 1. The maximum Gasteiger partial charge on any atom is 0.321 e. The first kappa shape index (κ1) is 23.0. The Morgan fingerprint density at radius 2 is 1.94 bits per heavy atom. The number of aromatic nitrogens is 2. The number of benzene rings is 1. The number of likely N-dealkylation sites (tertiary alicyclic amines) is 1. The first-order valence-electron chi connectivity index (χ1n) is 9.72. The van der Waals surface area contributed by atoms with Crippen molar-refractivity contribution in [1.29, 1.82) is 0 Å². The van der Waals surface area contributed by atoms with E-state index in [4.69, 9.17) is 5.73 Å². The van der Waals surface area contributed by atoms with E-state index < -0.39 is 40.8 Å². The highest BCUT2D eigenvalue weighted by Crippen LogP contribution is 2.33. The number of hydrogen-bond donors (Lipinski definition) is 1. The highest BCUT2D eigenvalue weighted by atomic mass is 32.2. The van der Waals surface area contributed by atoms with Crippen LogP contribution in [0.15, 0.2) is 41.6 Å². The van der Waals surface area contributed by atoms with Gasteiger partial charge in [-0.3, -0.25) is 14.7 Å². The number of rotatable bonds is 6. The third-order valence-electron chi connectivity index (χ3n) is 5.10. The summed E-state index contributed by atoms with van der Waals surface area (Å²) >= 11 is 1.16. The average molecular weight is 496 g/mol. The van der Waals surface area contributed by atoms with Gasteiger partial charge < -0.3 is 10.6 Å². The van der Waals surface area contributed by atoms with Crippen molar-refractivity contribution in [3.8, 4) is 11.1 Å². The van der Waals surface area contributed by atoms with Crippen molar-refractivity contribution in [3.05, 3.63) is 36.7 Å². The van der Waals surface area contributed by atoms with Gasteiger partial charge >= 0.3 is 6.03 Å². The van der Waals surface area contributed by atoms with E-state index in [0.717, 1.165) is 27.4 Å². The fourth-order valence-electron chi connectivity index (χ4n) is 3.34. The number of urea groups is 1. The van der Waals surface area contributed by atoms with Crippen LogP contribution in [-0.2, 0) is 14.6 Å². The highest BCUT2D eigenvalue weighted by molar-refractivity contribution is 7.90. The van der Waals surface area contributed by atoms with E-state index in [2.05, 4.69) is 9.97 Å². The summed E-state index contributed by atoms with van der Waals surface area (Å²) in [5.41, 5.74) is 7.34. The normalized spacial score (nSPS) is 15.3. The van der Waals surface area contributed by atoms with Gasteiger partial charge in [-0.05, 0) is 23.8 Å². The molecule has 1 aliphatic rings. The summed E-state index contributed by atoms with van der Waals surface area (Å²) in [6.45, 7) is -1.34.